The summed E-state index contributed by atoms with van der Waals surface area (Å²) in [4.78, 5) is 0. The summed E-state index contributed by atoms with van der Waals surface area (Å²) in [5.74, 6) is 0. The molecular weight excluding hydrogens is 819 g/mol. The van der Waals surface area contributed by atoms with E-state index in [2.05, 4.69) is 196 Å². The van der Waals surface area contributed by atoms with Gasteiger partial charge in [0.15, 0.2) is 0 Å². The van der Waals surface area contributed by atoms with Crippen LogP contribution in [0.15, 0.2) is 36.4 Å². The summed E-state index contributed by atoms with van der Waals surface area (Å²) in [6.07, 6.45) is 0. The second-order valence-corrected chi connectivity index (χ2v) is 63.4. The third kappa shape index (κ3) is 10.4. The highest BCUT2D eigenvalue weighted by Crippen LogP contribution is 2.46. The van der Waals surface area contributed by atoms with Gasteiger partial charge in [-0.2, -0.15) is 22.5 Å². The van der Waals surface area contributed by atoms with Crippen molar-refractivity contribution >= 4 is 99.8 Å². The molecule has 3 aromatic carbocycles. The predicted octanol–water partition coefficient (Wildman–Crippen LogP) is 13.6. The molecule has 0 fully saturated rings. The lowest BCUT2D eigenvalue weighted by Crippen LogP contribution is -2.72. The van der Waals surface area contributed by atoms with E-state index >= 15 is 0 Å². The summed E-state index contributed by atoms with van der Waals surface area (Å²) >= 11 is 17.7. The van der Waals surface area contributed by atoms with Crippen molar-refractivity contribution < 1.29 is 0 Å². The Bertz CT molecular complexity index is 1740. The molecule has 1 unspecified atom stereocenters. The molecule has 1 atom stereocenters. The van der Waals surface area contributed by atoms with E-state index in [4.69, 9.17) is 11.5 Å². The molecule has 0 amide bonds. The maximum atomic E-state index is 9.22. The minimum atomic E-state index is -3.37. The van der Waals surface area contributed by atoms with E-state index in [1.165, 1.54) is 49.2 Å². The Morgan fingerprint density at radius 3 is 0.945 bits per heavy atom. The van der Waals surface area contributed by atoms with Crippen molar-refractivity contribution in [2.24, 2.45) is 0 Å². The Morgan fingerprint density at radius 2 is 0.673 bits per heavy atom. The summed E-state index contributed by atoms with van der Waals surface area (Å²) in [7, 11) is -14.0. The fourth-order valence-electron chi connectivity index (χ4n) is 12.4. The molecule has 0 aliphatic carbocycles. The fourth-order valence-corrected chi connectivity index (χ4v) is 58.2. The van der Waals surface area contributed by atoms with E-state index in [9.17, 15) is 11.1 Å². The van der Waals surface area contributed by atoms with Crippen molar-refractivity contribution in [3.63, 3.8) is 0 Å². The van der Waals surface area contributed by atoms with Crippen LogP contribution >= 0.6 is 22.5 Å². The predicted molar refractivity (Wildman–Crippen MR) is 278 cm³/mol. The summed E-state index contributed by atoms with van der Waals surface area (Å²) < 4.78 is 0. The van der Waals surface area contributed by atoms with E-state index in [1.807, 2.05) is 0 Å². The highest BCUT2D eigenvalue weighted by atomic mass is 35.6. The maximum absolute atomic E-state index is 9.22. The van der Waals surface area contributed by atoms with E-state index < -0.39 is 55.7 Å². The molecule has 3 aromatic rings. The van der Waals surface area contributed by atoms with Crippen LogP contribution < -0.4 is 15.8 Å². The monoisotopic (exact) mass is 898 g/mol. The molecule has 306 valence electrons. The molecule has 0 nitrogen and oxygen atoms in total. The summed E-state index contributed by atoms with van der Waals surface area (Å²) in [5.41, 5.74) is 13.6. The molecule has 0 N–H and O–H groups in total. The lowest BCUT2D eigenvalue weighted by atomic mass is 9.83. The number of hydrogen-bond acceptors (Lipinski definition) is 0. The molecule has 0 saturated heterocycles. The zero-order valence-corrected chi connectivity index (χ0v) is 48.5. The summed E-state index contributed by atoms with van der Waals surface area (Å²) in [5, 5.41) is 4.59. The lowest BCUT2D eigenvalue weighted by molar-refractivity contribution is 1.10. The zero-order valence-electron chi connectivity index (χ0n) is 40.0. The molecule has 0 aliphatic heterocycles. The van der Waals surface area contributed by atoms with Gasteiger partial charge in [-0.05, 0) is 84.1 Å². The average Bonchev–Trinajstić information content (AvgIpc) is 2.86. The number of benzene rings is 3. The van der Waals surface area contributed by atoms with Crippen molar-refractivity contribution in [1.29, 1.82) is 0 Å². The van der Waals surface area contributed by atoms with Crippen LogP contribution in [0.2, 0.25) is 118 Å². The molecule has 0 radical (unpaired) electrons. The minimum Gasteiger partial charge on any atom is -0.190 e. The van der Waals surface area contributed by atoms with Crippen LogP contribution in [-0.4, -0.2) is 61.4 Å². The normalized spacial score (nSPS) is 15.0. The van der Waals surface area contributed by atoms with Gasteiger partial charge in [0.1, 0.15) is 0 Å². The fraction of sp³-hybridized carbons (Fsp3) is 0.600. The van der Waals surface area contributed by atoms with Gasteiger partial charge in [0, 0.05) is 48.4 Å². The topological polar surface area (TPSA) is 0 Å². The molecule has 0 saturated carbocycles. The Hall–Kier alpha value is -0.177. The first-order valence-electron chi connectivity index (χ1n) is 21.0. The van der Waals surface area contributed by atoms with Gasteiger partial charge in [-0.3, -0.25) is 0 Å². The third-order valence-corrected chi connectivity index (χ3v) is 47.1. The average molecular weight is 900 g/mol. The minimum absolute atomic E-state index is 0.337. The van der Waals surface area contributed by atoms with Gasteiger partial charge >= 0.3 is 5.72 Å². The zero-order chi connectivity index (χ0) is 43.0. The molecule has 3 rings (SSSR count). The quantitative estimate of drug-likeness (QED) is 0.118. The second kappa shape index (κ2) is 16.4. The van der Waals surface area contributed by atoms with Gasteiger partial charge in [0.05, 0.1) is 0 Å². The van der Waals surface area contributed by atoms with Crippen LogP contribution in [0, 0.1) is 41.5 Å². The van der Waals surface area contributed by atoms with Gasteiger partial charge < -0.3 is 0 Å². The molecule has 0 spiro atoms. The largest absolute Gasteiger partial charge is 0.302 e. The van der Waals surface area contributed by atoms with Crippen molar-refractivity contribution in [3.05, 3.63) is 86.5 Å². The molecule has 55 heavy (non-hydrogen) atoms. The second-order valence-electron chi connectivity index (χ2n) is 24.2. The number of hydrogen-bond donors (Lipinski definition) is 0. The van der Waals surface area contributed by atoms with Crippen molar-refractivity contribution in [2.75, 3.05) is 0 Å². The van der Waals surface area contributed by atoms with Gasteiger partial charge in [-0.1, -0.05) is 193 Å². The Morgan fingerprint density at radius 1 is 0.400 bits per heavy atom. The Balaban J connectivity index is 3.03. The number of aryl methyl sites for hydroxylation is 6. The summed E-state index contributed by atoms with van der Waals surface area (Å²) in [6, 6.07) is 15.1. The number of rotatable bonds is 13. The third-order valence-electron chi connectivity index (χ3n) is 12.1. The van der Waals surface area contributed by atoms with E-state index in [0.717, 1.165) is 0 Å². The molecule has 0 aliphatic rings. The maximum Gasteiger partial charge on any atom is 0.302 e. The first-order chi connectivity index (χ1) is 24.4. The van der Waals surface area contributed by atoms with Gasteiger partial charge in [0.25, 0.3) is 0 Å². The Labute approximate surface area is 358 Å². The molecular formula is C45H81BCl2Si7. The summed E-state index contributed by atoms with van der Waals surface area (Å²) in [6.45, 7) is 61.4. The molecule has 0 heterocycles. The molecule has 0 bridgehead atoms. The van der Waals surface area contributed by atoms with Crippen LogP contribution in [0.1, 0.15) is 65.6 Å². The highest BCUT2D eigenvalue weighted by Gasteiger charge is 2.56. The van der Waals surface area contributed by atoms with Crippen molar-refractivity contribution in [3.8, 4) is 0 Å². The molecule has 0 aromatic heterocycles. The van der Waals surface area contributed by atoms with Crippen LogP contribution in [0.25, 0.3) is 0 Å². The Kier molecular flexibility index (Phi) is 14.6. The molecule has 10 heteroatoms. The van der Waals surface area contributed by atoms with Crippen LogP contribution in [0.5, 0.6) is 0 Å². The van der Waals surface area contributed by atoms with E-state index in [-0.39, 0.29) is 5.72 Å². The SMILES string of the molecule is Cc1cc(C)c(B(Cl)[Si](Cl)(c2c(C)cc(C)cc2C)c2c(C([Si](C)(C)C)[Si](C)(C)C)cc(C([Si](C)(C)C)[Si](C)(C)C)cc2C([Si](C)(C)C)[Si](C)(C)C)c(C)c1. The van der Waals surface area contributed by atoms with E-state index in [1.54, 1.807) is 16.7 Å². The number of halogens is 2. The smallest absolute Gasteiger partial charge is 0.190 e. The van der Waals surface area contributed by atoms with E-state index in [0.29, 0.717) is 15.5 Å². The van der Waals surface area contributed by atoms with Gasteiger partial charge in [-0.15, -0.1) is 0 Å². The highest BCUT2D eigenvalue weighted by molar-refractivity contribution is 7.75. The van der Waals surface area contributed by atoms with Crippen LogP contribution in [0.3, 0.4) is 0 Å². The lowest BCUT2D eigenvalue weighted by Gasteiger charge is -2.48. The first kappa shape index (κ1) is 49.2. The van der Waals surface area contributed by atoms with Crippen molar-refractivity contribution in [2.45, 2.75) is 175 Å². The van der Waals surface area contributed by atoms with Crippen LogP contribution in [0.4, 0.5) is 0 Å². The van der Waals surface area contributed by atoms with Crippen LogP contribution in [-0.2, 0) is 0 Å². The standard InChI is InChI=1S/C45H81BCl2Si7/c1-31-25-33(3)40(34(4)26-31)46(47)55(48,41-35(5)27-32(2)28-36(41)6)42-38(44(51(13,14)15)52(16,17)18)29-37(43(49(7,8)9)50(10,11)12)30-39(42)45(53(19,20)21)54(22,23)24/h25-30,43-45H,1-24H3. The van der Waals surface area contributed by atoms with Crippen molar-refractivity contribution in [1.82, 2.24) is 0 Å². The first-order valence-corrected chi connectivity index (χ1v) is 46.0. The van der Waals surface area contributed by atoms with Gasteiger partial charge in [0.2, 0.25) is 7.25 Å². The van der Waals surface area contributed by atoms with Gasteiger partial charge in [-0.25, -0.2) is 0 Å².